The highest BCUT2D eigenvalue weighted by Crippen LogP contribution is 2.66. The highest BCUT2D eigenvalue weighted by molar-refractivity contribution is 7.86. The third-order valence-electron chi connectivity index (χ3n) is 5.31. The molecule has 0 bridgehead atoms. The van der Waals surface area contributed by atoms with Gasteiger partial charge < -0.3 is 4.74 Å². The first-order chi connectivity index (χ1) is 11.4. The average Bonchev–Trinajstić information content (AvgIpc) is 3.11. The monoisotopic (exact) mass is 344 g/mol. The van der Waals surface area contributed by atoms with Crippen molar-refractivity contribution < 1.29 is 17.3 Å². The lowest BCUT2D eigenvalue weighted by Gasteiger charge is -2.17. The maximum atomic E-state index is 12.6. The lowest BCUT2D eigenvalue weighted by molar-refractivity contribution is 0.0936. The summed E-state index contributed by atoms with van der Waals surface area (Å²) in [6.45, 7) is 3.86. The van der Waals surface area contributed by atoms with Gasteiger partial charge in [0.15, 0.2) is 0 Å². The SMILES string of the molecule is Cc1ccc(S(=O)(=O)O[C@@H]2CC[C@@]3(c4ccccc4)O[C@@]23C)cc1. The molecule has 0 spiro atoms. The van der Waals surface area contributed by atoms with Crippen LogP contribution in [0.1, 0.15) is 30.9 Å². The Labute approximate surface area is 142 Å². The Bertz CT molecular complexity index is 856. The molecule has 2 aromatic carbocycles. The third-order valence-corrected chi connectivity index (χ3v) is 6.65. The van der Waals surface area contributed by atoms with Crippen molar-refractivity contribution in [1.29, 1.82) is 0 Å². The van der Waals surface area contributed by atoms with Crippen LogP contribution in [0, 0.1) is 6.92 Å². The minimum atomic E-state index is -3.79. The number of epoxide rings is 1. The molecule has 4 rings (SSSR count). The predicted octanol–water partition coefficient (Wildman–Crippen LogP) is 3.55. The van der Waals surface area contributed by atoms with Crippen molar-refractivity contribution >= 4 is 10.1 Å². The quantitative estimate of drug-likeness (QED) is 0.629. The van der Waals surface area contributed by atoms with Gasteiger partial charge in [-0.2, -0.15) is 8.42 Å². The number of rotatable bonds is 4. The summed E-state index contributed by atoms with van der Waals surface area (Å²) in [6.07, 6.45) is 0.960. The summed E-state index contributed by atoms with van der Waals surface area (Å²) in [6, 6.07) is 16.7. The summed E-state index contributed by atoms with van der Waals surface area (Å²) in [4.78, 5) is 0.189. The van der Waals surface area contributed by atoms with E-state index in [1.54, 1.807) is 24.3 Å². The second-order valence-electron chi connectivity index (χ2n) is 6.79. The van der Waals surface area contributed by atoms with Gasteiger partial charge in [0.1, 0.15) is 17.3 Å². The van der Waals surface area contributed by atoms with Gasteiger partial charge >= 0.3 is 0 Å². The summed E-state index contributed by atoms with van der Waals surface area (Å²) in [5.41, 5.74) is 1.09. The molecular weight excluding hydrogens is 324 g/mol. The van der Waals surface area contributed by atoms with Crippen LogP contribution in [0.4, 0.5) is 0 Å². The molecule has 1 saturated heterocycles. The van der Waals surface area contributed by atoms with E-state index in [1.165, 1.54) is 0 Å². The summed E-state index contributed by atoms with van der Waals surface area (Å²) in [5.74, 6) is 0. The van der Waals surface area contributed by atoms with Crippen molar-refractivity contribution in [3.63, 3.8) is 0 Å². The molecule has 1 aliphatic carbocycles. The van der Waals surface area contributed by atoms with Crippen molar-refractivity contribution in [2.45, 2.75) is 48.9 Å². The van der Waals surface area contributed by atoms with Crippen molar-refractivity contribution in [3.05, 3.63) is 65.7 Å². The Morgan fingerprint density at radius 1 is 1.08 bits per heavy atom. The summed E-state index contributed by atoms with van der Waals surface area (Å²) >= 11 is 0. The van der Waals surface area contributed by atoms with Crippen LogP contribution < -0.4 is 0 Å². The van der Waals surface area contributed by atoms with Crippen LogP contribution in [-0.4, -0.2) is 20.1 Å². The minimum Gasteiger partial charge on any atom is -0.355 e. The minimum absolute atomic E-state index is 0.189. The second-order valence-corrected chi connectivity index (χ2v) is 8.36. The van der Waals surface area contributed by atoms with Crippen LogP contribution in [0.5, 0.6) is 0 Å². The van der Waals surface area contributed by atoms with Crippen molar-refractivity contribution in [1.82, 2.24) is 0 Å². The van der Waals surface area contributed by atoms with Gasteiger partial charge in [-0.15, -0.1) is 0 Å². The molecular formula is C19H20O4S. The first-order valence-corrected chi connectivity index (χ1v) is 9.54. The predicted molar refractivity (Wildman–Crippen MR) is 90.1 cm³/mol. The largest absolute Gasteiger partial charge is 0.355 e. The van der Waals surface area contributed by atoms with Gasteiger partial charge in [-0.25, -0.2) is 0 Å². The highest BCUT2D eigenvalue weighted by atomic mass is 32.2. The molecule has 0 radical (unpaired) electrons. The molecule has 0 amide bonds. The van der Waals surface area contributed by atoms with Gasteiger partial charge in [0, 0.05) is 0 Å². The normalized spacial score (nSPS) is 31.7. The molecule has 2 fully saturated rings. The van der Waals surface area contributed by atoms with E-state index >= 15 is 0 Å². The van der Waals surface area contributed by atoms with Gasteiger partial charge in [-0.1, -0.05) is 48.0 Å². The molecule has 126 valence electrons. The van der Waals surface area contributed by atoms with E-state index < -0.39 is 27.4 Å². The Morgan fingerprint density at radius 2 is 1.75 bits per heavy atom. The zero-order chi connectivity index (χ0) is 17.0. The third kappa shape index (κ3) is 2.23. The molecule has 0 unspecified atom stereocenters. The van der Waals surface area contributed by atoms with Crippen LogP contribution in [0.3, 0.4) is 0 Å². The Balaban J connectivity index is 1.58. The Kier molecular flexibility index (Phi) is 3.39. The van der Waals surface area contributed by atoms with E-state index in [1.807, 2.05) is 44.2 Å². The maximum Gasteiger partial charge on any atom is 0.297 e. The van der Waals surface area contributed by atoms with Crippen molar-refractivity contribution in [2.75, 3.05) is 0 Å². The smallest absolute Gasteiger partial charge is 0.297 e. The molecule has 5 heteroatoms. The Hall–Kier alpha value is -1.69. The first-order valence-electron chi connectivity index (χ1n) is 8.13. The average molecular weight is 344 g/mol. The van der Waals surface area contributed by atoms with E-state index in [-0.39, 0.29) is 4.90 Å². The molecule has 1 aliphatic heterocycles. The lowest BCUT2D eigenvalue weighted by atomic mass is 9.89. The van der Waals surface area contributed by atoms with Crippen LogP contribution in [0.25, 0.3) is 0 Å². The maximum absolute atomic E-state index is 12.6. The van der Waals surface area contributed by atoms with Crippen LogP contribution in [-0.2, 0) is 24.6 Å². The topological polar surface area (TPSA) is 55.9 Å². The Morgan fingerprint density at radius 3 is 2.38 bits per heavy atom. The van der Waals surface area contributed by atoms with Gasteiger partial charge in [0.2, 0.25) is 0 Å². The molecule has 0 N–H and O–H groups in total. The summed E-state index contributed by atoms with van der Waals surface area (Å²) in [5, 5.41) is 0. The molecule has 3 atom stereocenters. The lowest BCUT2D eigenvalue weighted by Crippen LogP contribution is -2.31. The van der Waals surface area contributed by atoms with Crippen LogP contribution in [0.2, 0.25) is 0 Å². The molecule has 1 saturated carbocycles. The van der Waals surface area contributed by atoms with E-state index in [0.717, 1.165) is 17.5 Å². The van der Waals surface area contributed by atoms with E-state index in [0.29, 0.717) is 6.42 Å². The summed E-state index contributed by atoms with van der Waals surface area (Å²) in [7, 11) is -3.79. The van der Waals surface area contributed by atoms with Gasteiger partial charge in [0.25, 0.3) is 10.1 Å². The number of fused-ring (bicyclic) bond motifs is 1. The van der Waals surface area contributed by atoms with Gasteiger partial charge in [-0.05, 0) is 44.4 Å². The fourth-order valence-corrected chi connectivity index (χ4v) is 4.99. The number of aryl methyl sites for hydroxylation is 1. The van der Waals surface area contributed by atoms with Crippen molar-refractivity contribution in [2.24, 2.45) is 0 Å². The zero-order valence-corrected chi connectivity index (χ0v) is 14.5. The number of hydrogen-bond donors (Lipinski definition) is 0. The molecule has 4 nitrogen and oxygen atoms in total. The van der Waals surface area contributed by atoms with Gasteiger partial charge in [-0.3, -0.25) is 4.18 Å². The zero-order valence-electron chi connectivity index (χ0n) is 13.7. The number of benzene rings is 2. The molecule has 2 aromatic rings. The second kappa shape index (κ2) is 5.15. The standard InChI is InChI=1S/C19H20O4S/c1-14-8-10-16(11-9-14)24(20,21)22-17-12-13-19(18(17,2)23-19)15-6-4-3-5-7-15/h3-11,17H,12-13H2,1-2H3/t17-,18+,19+/m1/s1. The summed E-state index contributed by atoms with van der Waals surface area (Å²) < 4.78 is 36.8. The number of ether oxygens (including phenoxy) is 1. The fourth-order valence-electron chi connectivity index (χ4n) is 3.82. The molecule has 2 aliphatic rings. The number of hydrogen-bond acceptors (Lipinski definition) is 4. The molecule has 0 aromatic heterocycles. The van der Waals surface area contributed by atoms with Crippen LogP contribution in [0.15, 0.2) is 59.5 Å². The van der Waals surface area contributed by atoms with Gasteiger partial charge in [0.05, 0.1) is 4.90 Å². The van der Waals surface area contributed by atoms with E-state index in [2.05, 4.69) is 0 Å². The highest BCUT2D eigenvalue weighted by Gasteiger charge is 2.76. The molecule has 24 heavy (non-hydrogen) atoms. The van der Waals surface area contributed by atoms with Crippen molar-refractivity contribution in [3.8, 4) is 0 Å². The first kappa shape index (κ1) is 15.8. The van der Waals surface area contributed by atoms with E-state index in [9.17, 15) is 8.42 Å². The van der Waals surface area contributed by atoms with E-state index in [4.69, 9.17) is 8.92 Å². The molecule has 1 heterocycles. The van der Waals surface area contributed by atoms with Crippen LogP contribution >= 0.6 is 0 Å². The fraction of sp³-hybridized carbons (Fsp3) is 0.368.